The first-order valence-corrected chi connectivity index (χ1v) is 10.2. The van der Waals surface area contributed by atoms with Crippen molar-refractivity contribution in [3.8, 4) is 0 Å². The van der Waals surface area contributed by atoms with E-state index in [0.29, 0.717) is 5.56 Å². The summed E-state index contributed by atoms with van der Waals surface area (Å²) in [5.41, 5.74) is -2.67. The Bertz CT molecular complexity index is 903. The van der Waals surface area contributed by atoms with Crippen LogP contribution in [0.4, 0.5) is 13.2 Å². The zero-order chi connectivity index (χ0) is 19.9. The number of benzene rings is 2. The molecule has 2 nitrogen and oxygen atoms in total. The Kier molecular flexibility index (Phi) is 5.06. The molecule has 4 rings (SSSR count). The third-order valence-electron chi connectivity index (χ3n) is 5.79. The molecular formula is C22H22F3NOS. The molecular weight excluding hydrogens is 383 g/mol. The second kappa shape index (κ2) is 7.25. The number of halogens is 3. The van der Waals surface area contributed by atoms with Gasteiger partial charge in [-0.1, -0.05) is 42.5 Å². The molecule has 148 valence electrons. The third kappa shape index (κ3) is 3.61. The Morgan fingerprint density at radius 3 is 2.32 bits per heavy atom. The summed E-state index contributed by atoms with van der Waals surface area (Å²) in [6.07, 6.45) is 5.41. The molecule has 1 atom stereocenters. The minimum absolute atomic E-state index is 0.0605. The highest BCUT2D eigenvalue weighted by Gasteiger charge is 2.44. The maximum absolute atomic E-state index is 13.0. The standard InChI is InChI=1S/C22H22F3NOS/c1-26-12-10-17(11-13-26)21(27)19-5-3-2-4-15(19)6-7-16-8-9-18(14-20(16)21)28-22(23,24)25/h2-9,14,17,27H,10-13H2,1H3. The van der Waals surface area contributed by atoms with Gasteiger partial charge in [0.05, 0.1) is 0 Å². The molecule has 0 aromatic heterocycles. The Labute approximate surface area is 167 Å². The number of likely N-dealkylation sites (tertiary alicyclic amines) is 1. The van der Waals surface area contributed by atoms with Crippen LogP contribution in [0.1, 0.15) is 35.1 Å². The molecule has 1 unspecified atom stereocenters. The highest BCUT2D eigenvalue weighted by Crippen LogP contribution is 2.48. The number of fused-ring (bicyclic) bond motifs is 2. The summed E-state index contributed by atoms with van der Waals surface area (Å²) in [7, 11) is 2.05. The number of hydrogen-bond donors (Lipinski definition) is 1. The van der Waals surface area contributed by atoms with Gasteiger partial charge in [0.15, 0.2) is 0 Å². The molecule has 1 fully saturated rings. The van der Waals surface area contributed by atoms with Crippen LogP contribution < -0.4 is 0 Å². The first-order chi connectivity index (χ1) is 13.3. The summed E-state index contributed by atoms with van der Waals surface area (Å²) in [4.78, 5) is 2.32. The Balaban J connectivity index is 1.88. The maximum atomic E-state index is 13.0. The van der Waals surface area contributed by atoms with Crippen LogP contribution in [0.25, 0.3) is 12.2 Å². The van der Waals surface area contributed by atoms with Crippen LogP contribution in [0.3, 0.4) is 0 Å². The van der Waals surface area contributed by atoms with Crippen LogP contribution in [0, 0.1) is 5.92 Å². The number of aliphatic hydroxyl groups is 1. The van der Waals surface area contributed by atoms with Crippen molar-refractivity contribution < 1.29 is 18.3 Å². The quantitative estimate of drug-likeness (QED) is 0.681. The highest BCUT2D eigenvalue weighted by molar-refractivity contribution is 8.00. The van der Waals surface area contributed by atoms with Crippen molar-refractivity contribution in [2.45, 2.75) is 28.8 Å². The number of thioether (sulfide) groups is 1. The first kappa shape index (κ1) is 19.6. The van der Waals surface area contributed by atoms with E-state index in [2.05, 4.69) is 11.9 Å². The average molecular weight is 405 g/mol. The third-order valence-corrected chi connectivity index (χ3v) is 6.51. The fraction of sp³-hybridized carbons (Fsp3) is 0.364. The first-order valence-electron chi connectivity index (χ1n) is 9.36. The zero-order valence-electron chi connectivity index (χ0n) is 15.5. The normalized spacial score (nSPS) is 23.2. The molecule has 1 saturated heterocycles. The van der Waals surface area contributed by atoms with E-state index in [1.54, 1.807) is 6.07 Å². The van der Waals surface area contributed by atoms with Gasteiger partial charge in [-0.05, 0) is 85.0 Å². The molecule has 2 aliphatic rings. The smallest absolute Gasteiger partial charge is 0.380 e. The number of rotatable bonds is 2. The van der Waals surface area contributed by atoms with Crippen LogP contribution in [-0.4, -0.2) is 35.7 Å². The van der Waals surface area contributed by atoms with Gasteiger partial charge in [-0.3, -0.25) is 0 Å². The lowest BCUT2D eigenvalue weighted by molar-refractivity contribution is -0.0329. The molecule has 1 N–H and O–H groups in total. The average Bonchev–Trinajstić information content (AvgIpc) is 2.77. The lowest BCUT2D eigenvalue weighted by atomic mass is 9.70. The summed E-state index contributed by atoms with van der Waals surface area (Å²) in [5, 5.41) is 12.1. The van der Waals surface area contributed by atoms with Gasteiger partial charge >= 0.3 is 5.51 Å². The Hall–Kier alpha value is -1.76. The van der Waals surface area contributed by atoms with Gasteiger partial charge in [0.2, 0.25) is 0 Å². The molecule has 6 heteroatoms. The molecule has 0 bridgehead atoms. The number of nitrogens with zero attached hydrogens (tertiary/aromatic N) is 1. The largest absolute Gasteiger partial charge is 0.446 e. The van der Waals surface area contributed by atoms with Crippen LogP contribution in [-0.2, 0) is 5.60 Å². The predicted molar refractivity (Wildman–Crippen MR) is 107 cm³/mol. The topological polar surface area (TPSA) is 23.5 Å². The highest BCUT2D eigenvalue weighted by atomic mass is 32.2. The van der Waals surface area contributed by atoms with E-state index >= 15 is 0 Å². The van der Waals surface area contributed by atoms with Crippen molar-refractivity contribution in [1.29, 1.82) is 0 Å². The van der Waals surface area contributed by atoms with Gasteiger partial charge in [0.1, 0.15) is 5.60 Å². The van der Waals surface area contributed by atoms with Gasteiger partial charge in [-0.25, -0.2) is 0 Å². The van der Waals surface area contributed by atoms with Crippen molar-refractivity contribution in [1.82, 2.24) is 4.90 Å². The van der Waals surface area contributed by atoms with E-state index in [0.717, 1.165) is 42.6 Å². The van der Waals surface area contributed by atoms with Gasteiger partial charge in [0, 0.05) is 4.90 Å². The van der Waals surface area contributed by atoms with Crippen molar-refractivity contribution in [2.75, 3.05) is 20.1 Å². The molecule has 2 aromatic carbocycles. The van der Waals surface area contributed by atoms with E-state index in [1.807, 2.05) is 36.4 Å². The second-order valence-electron chi connectivity index (χ2n) is 7.56. The van der Waals surface area contributed by atoms with Crippen LogP contribution in [0.5, 0.6) is 0 Å². The maximum Gasteiger partial charge on any atom is 0.446 e. The summed E-state index contributed by atoms with van der Waals surface area (Å²) < 4.78 is 38.9. The lowest BCUT2D eigenvalue weighted by Gasteiger charge is -2.42. The summed E-state index contributed by atoms with van der Waals surface area (Å²) in [6.45, 7) is 1.71. The van der Waals surface area contributed by atoms with Crippen molar-refractivity contribution in [2.24, 2.45) is 5.92 Å². The molecule has 1 aliphatic carbocycles. The molecule has 2 aromatic rings. The lowest BCUT2D eigenvalue weighted by Crippen LogP contribution is -2.43. The van der Waals surface area contributed by atoms with Gasteiger partial charge in [-0.15, -0.1) is 0 Å². The molecule has 0 amide bonds. The van der Waals surface area contributed by atoms with Crippen molar-refractivity contribution >= 4 is 23.9 Å². The van der Waals surface area contributed by atoms with Crippen LogP contribution in [0.2, 0.25) is 0 Å². The SMILES string of the molecule is CN1CCC(C2(O)c3ccccc3C=Cc3ccc(SC(F)(F)F)cc32)CC1. The van der Waals surface area contributed by atoms with E-state index in [-0.39, 0.29) is 22.6 Å². The Morgan fingerprint density at radius 2 is 1.64 bits per heavy atom. The second-order valence-corrected chi connectivity index (χ2v) is 8.70. The summed E-state index contributed by atoms with van der Waals surface area (Å²) in [5.74, 6) is -0.0605. The summed E-state index contributed by atoms with van der Waals surface area (Å²) >= 11 is -0.134. The van der Waals surface area contributed by atoms with Gasteiger partial charge < -0.3 is 10.0 Å². The Morgan fingerprint density at radius 1 is 1.00 bits per heavy atom. The van der Waals surface area contributed by atoms with Crippen molar-refractivity contribution in [3.63, 3.8) is 0 Å². The van der Waals surface area contributed by atoms with Crippen LogP contribution >= 0.6 is 11.8 Å². The fourth-order valence-corrected chi connectivity index (χ4v) is 4.97. The number of piperidine rings is 1. The number of hydrogen-bond acceptors (Lipinski definition) is 3. The molecule has 0 saturated carbocycles. The minimum atomic E-state index is -4.36. The van der Waals surface area contributed by atoms with Gasteiger partial charge in [0.25, 0.3) is 0 Å². The fourth-order valence-electron chi connectivity index (χ4n) is 4.39. The predicted octanol–water partition coefficient (Wildman–Crippen LogP) is 5.36. The van der Waals surface area contributed by atoms with E-state index < -0.39 is 11.1 Å². The molecule has 1 aliphatic heterocycles. The van der Waals surface area contributed by atoms with Gasteiger partial charge in [-0.2, -0.15) is 13.2 Å². The van der Waals surface area contributed by atoms with Crippen molar-refractivity contribution in [3.05, 3.63) is 64.7 Å². The molecule has 0 radical (unpaired) electrons. The van der Waals surface area contributed by atoms with E-state index in [9.17, 15) is 18.3 Å². The summed E-state index contributed by atoms with van der Waals surface area (Å²) in [6, 6.07) is 12.3. The minimum Gasteiger partial charge on any atom is -0.380 e. The van der Waals surface area contributed by atoms with E-state index in [1.165, 1.54) is 12.1 Å². The van der Waals surface area contributed by atoms with E-state index in [4.69, 9.17) is 0 Å². The van der Waals surface area contributed by atoms with Crippen LogP contribution in [0.15, 0.2) is 47.4 Å². The molecule has 1 heterocycles. The zero-order valence-corrected chi connectivity index (χ0v) is 16.4. The number of alkyl halides is 3. The molecule has 0 spiro atoms. The molecule has 28 heavy (non-hydrogen) atoms. The monoisotopic (exact) mass is 405 g/mol.